The molecule has 0 spiro atoms. The molecular weight excluding hydrogens is 529 g/mol. The normalized spacial score (nSPS) is 14.3. The number of rotatable bonds is 8. The molecule has 1 fully saturated rings. The van der Waals surface area contributed by atoms with Crippen LogP contribution < -0.4 is 5.32 Å². The predicted molar refractivity (Wildman–Crippen MR) is 142 cm³/mol. The molecular formula is C26H24FN5O4S2. The molecule has 1 N–H and O–H groups in total. The SMILES string of the molecule is O=C(CSc1nnc(-c2ccc(S(=O)(=O)N3CCOCC3)cc2)n1-c1ccccc1)Nc1ccc(F)cc1. The number of halogens is 1. The molecule has 0 atom stereocenters. The molecule has 3 aromatic carbocycles. The van der Waals surface area contributed by atoms with Crippen LogP contribution in [0.5, 0.6) is 0 Å². The van der Waals surface area contributed by atoms with Crippen LogP contribution >= 0.6 is 11.8 Å². The summed E-state index contributed by atoms with van der Waals surface area (Å²) in [6, 6.07) is 21.5. The van der Waals surface area contributed by atoms with Crippen molar-refractivity contribution < 1.29 is 22.3 Å². The van der Waals surface area contributed by atoms with Crippen molar-refractivity contribution in [1.29, 1.82) is 0 Å². The molecule has 0 unspecified atom stereocenters. The van der Waals surface area contributed by atoms with Gasteiger partial charge in [0.2, 0.25) is 15.9 Å². The molecule has 12 heteroatoms. The minimum atomic E-state index is -3.62. The smallest absolute Gasteiger partial charge is 0.243 e. The Morgan fingerprint density at radius 3 is 2.32 bits per heavy atom. The van der Waals surface area contributed by atoms with E-state index in [0.29, 0.717) is 48.5 Å². The van der Waals surface area contributed by atoms with E-state index < -0.39 is 10.0 Å². The first-order valence-electron chi connectivity index (χ1n) is 11.8. The summed E-state index contributed by atoms with van der Waals surface area (Å²) in [5.74, 6) is -0.0944. The Kier molecular flexibility index (Phi) is 7.84. The monoisotopic (exact) mass is 553 g/mol. The predicted octanol–water partition coefficient (Wildman–Crippen LogP) is 3.83. The Balaban J connectivity index is 1.38. The molecule has 196 valence electrons. The lowest BCUT2D eigenvalue weighted by Gasteiger charge is -2.26. The quantitative estimate of drug-likeness (QED) is 0.331. The average molecular weight is 554 g/mol. The number of nitrogens with zero attached hydrogens (tertiary/aromatic N) is 4. The lowest BCUT2D eigenvalue weighted by atomic mass is 10.2. The van der Waals surface area contributed by atoms with Gasteiger partial charge in [-0.2, -0.15) is 4.31 Å². The summed E-state index contributed by atoms with van der Waals surface area (Å²) in [7, 11) is -3.62. The molecule has 1 amide bonds. The summed E-state index contributed by atoms with van der Waals surface area (Å²) in [5, 5.41) is 11.9. The standard InChI is InChI=1S/C26H24FN5O4S2/c27-20-8-10-21(11-9-20)28-24(33)18-37-26-30-29-25(32(26)22-4-2-1-3-5-22)19-6-12-23(13-7-19)38(34,35)31-14-16-36-17-15-31/h1-13H,14-18H2,(H,28,33). The first-order chi connectivity index (χ1) is 18.4. The second-order valence-electron chi connectivity index (χ2n) is 8.36. The van der Waals surface area contributed by atoms with Gasteiger partial charge in [-0.15, -0.1) is 10.2 Å². The van der Waals surface area contributed by atoms with E-state index >= 15 is 0 Å². The van der Waals surface area contributed by atoms with Crippen molar-refractivity contribution in [3.05, 3.63) is 84.7 Å². The van der Waals surface area contributed by atoms with Crippen LogP contribution in [0.1, 0.15) is 0 Å². The fourth-order valence-corrected chi connectivity index (χ4v) is 6.09. The van der Waals surface area contributed by atoms with E-state index in [4.69, 9.17) is 4.74 Å². The molecule has 0 aliphatic carbocycles. The lowest BCUT2D eigenvalue weighted by molar-refractivity contribution is -0.113. The topological polar surface area (TPSA) is 106 Å². The summed E-state index contributed by atoms with van der Waals surface area (Å²) < 4.78 is 47.6. The van der Waals surface area contributed by atoms with Gasteiger partial charge in [0.15, 0.2) is 11.0 Å². The van der Waals surface area contributed by atoms with Crippen LogP contribution in [0.2, 0.25) is 0 Å². The molecule has 0 radical (unpaired) electrons. The molecule has 38 heavy (non-hydrogen) atoms. The molecule has 1 aliphatic heterocycles. The molecule has 4 aromatic rings. The van der Waals surface area contributed by atoms with Gasteiger partial charge in [-0.05, 0) is 60.7 Å². The minimum Gasteiger partial charge on any atom is -0.379 e. The third-order valence-electron chi connectivity index (χ3n) is 5.83. The number of carbonyl (C=O) groups is 1. The highest BCUT2D eigenvalue weighted by Gasteiger charge is 2.26. The highest BCUT2D eigenvalue weighted by atomic mass is 32.2. The molecule has 1 saturated heterocycles. The number of carbonyl (C=O) groups excluding carboxylic acids is 1. The van der Waals surface area contributed by atoms with Gasteiger partial charge in [-0.25, -0.2) is 12.8 Å². The maximum Gasteiger partial charge on any atom is 0.243 e. The molecule has 0 saturated carbocycles. The van der Waals surface area contributed by atoms with Gasteiger partial charge in [0.25, 0.3) is 0 Å². The Hall–Kier alpha value is -3.58. The molecule has 2 heterocycles. The van der Waals surface area contributed by atoms with Crippen molar-refractivity contribution >= 4 is 33.4 Å². The van der Waals surface area contributed by atoms with Crippen molar-refractivity contribution in [2.45, 2.75) is 10.1 Å². The summed E-state index contributed by atoms with van der Waals surface area (Å²) in [4.78, 5) is 12.7. The van der Waals surface area contributed by atoms with Crippen LogP contribution in [-0.2, 0) is 19.6 Å². The van der Waals surface area contributed by atoms with Crippen LogP contribution in [0.25, 0.3) is 17.1 Å². The number of hydrogen-bond donors (Lipinski definition) is 1. The highest BCUT2D eigenvalue weighted by molar-refractivity contribution is 7.99. The summed E-state index contributed by atoms with van der Waals surface area (Å²) in [5.41, 5.74) is 1.96. The van der Waals surface area contributed by atoms with Crippen molar-refractivity contribution in [2.24, 2.45) is 0 Å². The second kappa shape index (κ2) is 11.4. The van der Waals surface area contributed by atoms with Crippen molar-refractivity contribution in [3.8, 4) is 17.1 Å². The van der Waals surface area contributed by atoms with Crippen LogP contribution in [0.3, 0.4) is 0 Å². The summed E-state index contributed by atoms with van der Waals surface area (Å²) in [6.45, 7) is 1.39. The number of morpholine rings is 1. The Bertz CT molecular complexity index is 1510. The second-order valence-corrected chi connectivity index (χ2v) is 11.2. The Labute approximate surface area is 223 Å². The number of thioether (sulfide) groups is 1. The number of benzene rings is 3. The van der Waals surface area contributed by atoms with Gasteiger partial charge in [-0.3, -0.25) is 9.36 Å². The minimum absolute atomic E-state index is 0.0546. The fourth-order valence-electron chi connectivity index (χ4n) is 3.93. The summed E-state index contributed by atoms with van der Waals surface area (Å²) in [6.07, 6.45) is 0. The number of amides is 1. The van der Waals surface area contributed by atoms with Crippen LogP contribution in [0, 0.1) is 5.82 Å². The van der Waals surface area contributed by atoms with Gasteiger partial charge in [-0.1, -0.05) is 30.0 Å². The number of nitrogens with one attached hydrogen (secondary N) is 1. The Morgan fingerprint density at radius 2 is 1.63 bits per heavy atom. The first kappa shape index (κ1) is 26.0. The van der Waals surface area contributed by atoms with Gasteiger partial charge in [0.1, 0.15) is 5.82 Å². The van der Waals surface area contributed by atoms with Crippen LogP contribution in [0.15, 0.2) is 88.9 Å². The van der Waals surface area contributed by atoms with Crippen molar-refractivity contribution in [2.75, 3.05) is 37.4 Å². The first-order valence-corrected chi connectivity index (χ1v) is 14.2. The number of sulfonamides is 1. The van der Waals surface area contributed by atoms with Gasteiger partial charge in [0, 0.05) is 30.0 Å². The van der Waals surface area contributed by atoms with E-state index in [1.165, 1.54) is 40.3 Å². The Morgan fingerprint density at radius 1 is 0.947 bits per heavy atom. The van der Waals surface area contributed by atoms with Crippen LogP contribution in [0.4, 0.5) is 10.1 Å². The molecule has 0 bridgehead atoms. The molecule has 1 aromatic heterocycles. The third kappa shape index (κ3) is 5.78. The van der Waals surface area contributed by atoms with Crippen molar-refractivity contribution in [1.82, 2.24) is 19.1 Å². The number of aromatic nitrogens is 3. The molecule has 5 rings (SSSR count). The van der Waals surface area contributed by atoms with E-state index in [2.05, 4.69) is 15.5 Å². The van der Waals surface area contributed by atoms with E-state index in [0.717, 1.165) is 5.69 Å². The average Bonchev–Trinajstić information content (AvgIpc) is 3.38. The zero-order valence-electron chi connectivity index (χ0n) is 20.2. The third-order valence-corrected chi connectivity index (χ3v) is 8.67. The van der Waals surface area contributed by atoms with Gasteiger partial charge >= 0.3 is 0 Å². The van der Waals surface area contributed by atoms with Gasteiger partial charge in [0.05, 0.1) is 23.9 Å². The summed E-state index contributed by atoms with van der Waals surface area (Å²) >= 11 is 1.20. The van der Waals surface area contributed by atoms with E-state index in [9.17, 15) is 17.6 Å². The number of anilines is 1. The largest absolute Gasteiger partial charge is 0.379 e. The van der Waals surface area contributed by atoms with E-state index in [-0.39, 0.29) is 22.4 Å². The van der Waals surface area contributed by atoms with Crippen molar-refractivity contribution in [3.63, 3.8) is 0 Å². The molecule has 9 nitrogen and oxygen atoms in total. The maximum atomic E-state index is 13.1. The maximum absolute atomic E-state index is 13.1. The zero-order chi connectivity index (χ0) is 26.5. The lowest BCUT2D eigenvalue weighted by Crippen LogP contribution is -2.40. The number of hydrogen-bond acceptors (Lipinski definition) is 7. The van der Waals surface area contributed by atoms with E-state index in [1.807, 2.05) is 34.9 Å². The number of para-hydroxylation sites is 1. The molecule has 1 aliphatic rings. The zero-order valence-corrected chi connectivity index (χ0v) is 21.8. The highest BCUT2D eigenvalue weighted by Crippen LogP contribution is 2.29. The fraction of sp³-hybridized carbons (Fsp3) is 0.192. The van der Waals surface area contributed by atoms with E-state index in [1.54, 1.807) is 24.3 Å². The number of ether oxygens (including phenoxy) is 1. The van der Waals surface area contributed by atoms with Crippen LogP contribution in [-0.4, -0.2) is 65.5 Å². The van der Waals surface area contributed by atoms with Gasteiger partial charge < -0.3 is 10.1 Å².